The van der Waals surface area contributed by atoms with Crippen LogP contribution in [0.1, 0.15) is 10.4 Å². The summed E-state index contributed by atoms with van der Waals surface area (Å²) in [7, 11) is -4.33. The number of sulfonamides is 1. The molecular formula is C7H5ClFNO4S. The van der Waals surface area contributed by atoms with E-state index in [9.17, 15) is 17.6 Å². The third-order valence-electron chi connectivity index (χ3n) is 1.55. The summed E-state index contributed by atoms with van der Waals surface area (Å²) in [5.41, 5.74) is -0.453. The Kier molecular flexibility index (Phi) is 2.98. The molecule has 1 aromatic carbocycles. The SMILES string of the molecule is NS(=O)(=O)c1cc(C(=O)O)cc(Cl)c1F. The number of carboxylic acids is 1. The molecule has 0 spiro atoms. The van der Waals surface area contributed by atoms with Gasteiger partial charge in [0.2, 0.25) is 10.0 Å². The summed E-state index contributed by atoms with van der Waals surface area (Å²) >= 11 is 5.31. The van der Waals surface area contributed by atoms with E-state index in [-0.39, 0.29) is 0 Å². The normalized spacial score (nSPS) is 11.4. The first kappa shape index (κ1) is 11.9. The van der Waals surface area contributed by atoms with Gasteiger partial charge in [0.25, 0.3) is 0 Å². The molecule has 1 aromatic rings. The molecule has 0 unspecified atom stereocenters. The van der Waals surface area contributed by atoms with Crippen LogP contribution in [0.4, 0.5) is 4.39 Å². The molecule has 0 amide bonds. The molecule has 8 heteroatoms. The van der Waals surface area contributed by atoms with Gasteiger partial charge < -0.3 is 5.11 Å². The van der Waals surface area contributed by atoms with Crippen molar-refractivity contribution in [2.24, 2.45) is 5.14 Å². The summed E-state index contributed by atoms with van der Waals surface area (Å²) in [5, 5.41) is 12.6. The number of hydrogen-bond donors (Lipinski definition) is 2. The first-order chi connectivity index (χ1) is 6.73. The first-order valence-corrected chi connectivity index (χ1v) is 5.41. The third-order valence-corrected chi connectivity index (χ3v) is 2.73. The van der Waals surface area contributed by atoms with Crippen LogP contribution < -0.4 is 5.14 Å². The van der Waals surface area contributed by atoms with E-state index in [1.807, 2.05) is 0 Å². The summed E-state index contributed by atoms with van der Waals surface area (Å²) in [6.45, 7) is 0. The number of nitrogens with two attached hydrogens (primary N) is 1. The summed E-state index contributed by atoms with van der Waals surface area (Å²) in [6.07, 6.45) is 0. The highest BCUT2D eigenvalue weighted by Crippen LogP contribution is 2.23. The predicted molar refractivity (Wildman–Crippen MR) is 49.7 cm³/mol. The van der Waals surface area contributed by atoms with E-state index in [1.165, 1.54) is 0 Å². The van der Waals surface area contributed by atoms with Crippen molar-refractivity contribution in [3.8, 4) is 0 Å². The number of primary sulfonamides is 1. The Morgan fingerprint density at radius 2 is 2.00 bits per heavy atom. The van der Waals surface area contributed by atoms with Crippen molar-refractivity contribution in [3.05, 3.63) is 28.5 Å². The van der Waals surface area contributed by atoms with E-state index in [1.54, 1.807) is 0 Å². The Morgan fingerprint density at radius 3 is 2.40 bits per heavy atom. The standard InChI is InChI=1S/C7H5ClFNO4S/c8-4-1-3(7(11)12)2-5(6(4)9)15(10,13)14/h1-2H,(H,11,12)(H2,10,13,14). The number of halogens is 2. The molecule has 5 nitrogen and oxygen atoms in total. The number of aromatic carboxylic acids is 1. The Balaban J connectivity index is 3.59. The maximum atomic E-state index is 13.2. The average Bonchev–Trinajstić information content (AvgIpc) is 2.06. The molecule has 0 aliphatic heterocycles. The van der Waals surface area contributed by atoms with Gasteiger partial charge in [-0.2, -0.15) is 0 Å². The van der Waals surface area contributed by atoms with Gasteiger partial charge in [0.15, 0.2) is 5.82 Å². The Morgan fingerprint density at radius 1 is 1.47 bits per heavy atom. The lowest BCUT2D eigenvalue weighted by molar-refractivity contribution is 0.0696. The van der Waals surface area contributed by atoms with Crippen LogP contribution >= 0.6 is 11.6 Å². The highest BCUT2D eigenvalue weighted by Gasteiger charge is 2.20. The quantitative estimate of drug-likeness (QED) is 0.815. The topological polar surface area (TPSA) is 97.5 Å². The summed E-state index contributed by atoms with van der Waals surface area (Å²) in [5.74, 6) is -2.69. The molecule has 0 atom stereocenters. The monoisotopic (exact) mass is 253 g/mol. The van der Waals surface area contributed by atoms with Gasteiger partial charge in [-0.3, -0.25) is 0 Å². The second-order valence-electron chi connectivity index (χ2n) is 2.62. The van der Waals surface area contributed by atoms with E-state index in [2.05, 4.69) is 5.14 Å². The summed E-state index contributed by atoms with van der Waals surface area (Å²) in [6, 6.07) is 1.41. The van der Waals surface area contributed by atoms with Gasteiger partial charge in [0.05, 0.1) is 10.6 Å². The van der Waals surface area contributed by atoms with Crippen LogP contribution in [0, 0.1) is 5.82 Å². The average molecular weight is 254 g/mol. The van der Waals surface area contributed by atoms with Crippen LogP contribution in [0.15, 0.2) is 17.0 Å². The van der Waals surface area contributed by atoms with E-state index in [0.717, 1.165) is 6.07 Å². The van der Waals surface area contributed by atoms with Crippen LogP contribution in [-0.4, -0.2) is 19.5 Å². The van der Waals surface area contributed by atoms with E-state index < -0.39 is 37.3 Å². The Hall–Kier alpha value is -1.18. The van der Waals surface area contributed by atoms with Gasteiger partial charge in [-0.05, 0) is 12.1 Å². The van der Waals surface area contributed by atoms with Gasteiger partial charge >= 0.3 is 5.97 Å². The van der Waals surface area contributed by atoms with Gasteiger partial charge in [-0.1, -0.05) is 11.6 Å². The molecule has 0 heterocycles. The number of carbonyl (C=O) groups is 1. The van der Waals surface area contributed by atoms with Crippen molar-refractivity contribution in [2.75, 3.05) is 0 Å². The largest absolute Gasteiger partial charge is 0.478 e. The van der Waals surface area contributed by atoms with Gasteiger partial charge in [0.1, 0.15) is 4.90 Å². The molecule has 0 saturated heterocycles. The molecule has 1 rings (SSSR count). The maximum absolute atomic E-state index is 13.2. The van der Waals surface area contributed by atoms with Gasteiger partial charge in [-0.25, -0.2) is 22.7 Å². The van der Waals surface area contributed by atoms with Gasteiger partial charge in [0, 0.05) is 0 Å². The van der Waals surface area contributed by atoms with E-state index >= 15 is 0 Å². The molecule has 0 bridgehead atoms. The minimum Gasteiger partial charge on any atom is -0.478 e. The molecule has 0 aliphatic rings. The number of benzene rings is 1. The van der Waals surface area contributed by atoms with E-state index in [0.29, 0.717) is 6.07 Å². The van der Waals surface area contributed by atoms with Crippen LogP contribution in [0.3, 0.4) is 0 Å². The zero-order chi connectivity index (χ0) is 11.8. The van der Waals surface area contributed by atoms with Crippen LogP contribution in [0.5, 0.6) is 0 Å². The molecule has 15 heavy (non-hydrogen) atoms. The highest BCUT2D eigenvalue weighted by molar-refractivity contribution is 7.89. The molecule has 0 radical (unpaired) electrons. The van der Waals surface area contributed by atoms with E-state index in [4.69, 9.17) is 16.7 Å². The second-order valence-corrected chi connectivity index (χ2v) is 4.56. The first-order valence-electron chi connectivity index (χ1n) is 3.48. The molecule has 0 aliphatic carbocycles. The van der Waals surface area contributed by atoms with Crippen LogP contribution in [0.25, 0.3) is 0 Å². The van der Waals surface area contributed by atoms with Crippen LogP contribution in [-0.2, 0) is 10.0 Å². The van der Waals surface area contributed by atoms with Crippen molar-refractivity contribution >= 4 is 27.6 Å². The fourth-order valence-electron chi connectivity index (χ4n) is 0.894. The highest BCUT2D eigenvalue weighted by atomic mass is 35.5. The summed E-state index contributed by atoms with van der Waals surface area (Å²) in [4.78, 5) is 9.59. The fraction of sp³-hybridized carbons (Fsp3) is 0. The molecule has 0 fully saturated rings. The number of rotatable bonds is 2. The molecule has 0 saturated carbocycles. The minimum absolute atomic E-state index is 0.453. The lowest BCUT2D eigenvalue weighted by Gasteiger charge is -2.03. The fourth-order valence-corrected chi connectivity index (χ4v) is 1.82. The Labute approximate surface area is 89.3 Å². The van der Waals surface area contributed by atoms with Crippen molar-refractivity contribution in [3.63, 3.8) is 0 Å². The minimum atomic E-state index is -4.33. The second kappa shape index (κ2) is 3.76. The smallest absolute Gasteiger partial charge is 0.335 e. The molecule has 82 valence electrons. The number of carboxylic acid groups (broad SMARTS) is 1. The number of hydrogen-bond acceptors (Lipinski definition) is 3. The Bertz CT molecular complexity index is 528. The van der Waals surface area contributed by atoms with Gasteiger partial charge in [-0.15, -0.1) is 0 Å². The molecule has 3 N–H and O–H groups in total. The zero-order valence-electron chi connectivity index (χ0n) is 7.07. The molecule has 0 aromatic heterocycles. The summed E-state index contributed by atoms with van der Waals surface area (Å²) < 4.78 is 34.9. The van der Waals surface area contributed by atoms with Crippen LogP contribution in [0.2, 0.25) is 5.02 Å². The lowest BCUT2D eigenvalue weighted by Crippen LogP contribution is -2.15. The van der Waals surface area contributed by atoms with Crippen molar-refractivity contribution in [2.45, 2.75) is 4.90 Å². The third kappa shape index (κ3) is 2.44. The molecular weight excluding hydrogens is 249 g/mol. The lowest BCUT2D eigenvalue weighted by atomic mass is 10.2. The zero-order valence-corrected chi connectivity index (χ0v) is 8.64. The van der Waals surface area contributed by atoms with Crippen molar-refractivity contribution < 1.29 is 22.7 Å². The maximum Gasteiger partial charge on any atom is 0.335 e. The van der Waals surface area contributed by atoms with Crippen molar-refractivity contribution in [1.82, 2.24) is 0 Å². The van der Waals surface area contributed by atoms with Crippen molar-refractivity contribution in [1.29, 1.82) is 0 Å². The predicted octanol–water partition coefficient (Wildman–Crippen LogP) is 0.825.